The molecule has 0 aliphatic carbocycles. The van der Waals surface area contributed by atoms with Crippen LogP contribution in [0.5, 0.6) is 11.5 Å². The van der Waals surface area contributed by atoms with Gasteiger partial charge in [-0.05, 0) is 48.9 Å². The summed E-state index contributed by atoms with van der Waals surface area (Å²) in [6, 6.07) is 18.1. The van der Waals surface area contributed by atoms with Crippen LogP contribution >= 0.6 is 0 Å². The largest absolute Gasteiger partial charge is 0.457 e. The normalized spacial score (nSPS) is 10.9. The number of amides is 2. The van der Waals surface area contributed by atoms with E-state index >= 15 is 0 Å². The zero-order valence-corrected chi connectivity index (χ0v) is 14.8. The van der Waals surface area contributed by atoms with Crippen LogP contribution in [0.25, 0.3) is 0 Å². The van der Waals surface area contributed by atoms with E-state index in [1.165, 1.54) is 4.90 Å². The molecule has 0 saturated heterocycles. The van der Waals surface area contributed by atoms with Crippen molar-refractivity contribution in [3.63, 3.8) is 0 Å². The number of nitrogens with one attached hydrogen (secondary N) is 1. The highest BCUT2D eigenvalue weighted by Crippen LogP contribution is 2.23. The number of carbonyl (C=O) groups excluding carboxylic acids is 1. The van der Waals surface area contributed by atoms with Crippen LogP contribution in [0.15, 0.2) is 48.5 Å². The molecule has 2 aromatic rings. The molecule has 2 amide bonds. The van der Waals surface area contributed by atoms with Gasteiger partial charge in [-0.3, -0.25) is 0 Å². The summed E-state index contributed by atoms with van der Waals surface area (Å²) >= 11 is 0. The summed E-state index contributed by atoms with van der Waals surface area (Å²) in [6.45, 7) is 1.82. The van der Waals surface area contributed by atoms with Crippen molar-refractivity contribution in [2.45, 2.75) is 25.8 Å². The predicted molar refractivity (Wildman–Crippen MR) is 98.7 cm³/mol. The first-order chi connectivity index (χ1) is 12.5. The highest BCUT2D eigenvalue weighted by molar-refractivity contribution is 5.89. The second kappa shape index (κ2) is 9.10. The van der Waals surface area contributed by atoms with Crippen molar-refractivity contribution in [3.8, 4) is 23.6 Å². The van der Waals surface area contributed by atoms with Gasteiger partial charge in [0.05, 0.1) is 25.0 Å². The number of carbonyl (C=O) groups is 1. The van der Waals surface area contributed by atoms with Crippen LogP contribution in [0.3, 0.4) is 0 Å². The Bertz CT molecular complexity index is 817. The van der Waals surface area contributed by atoms with Crippen molar-refractivity contribution in [3.05, 3.63) is 54.1 Å². The molecule has 0 aromatic heterocycles. The van der Waals surface area contributed by atoms with Gasteiger partial charge in [0.1, 0.15) is 11.5 Å². The van der Waals surface area contributed by atoms with E-state index in [0.717, 1.165) is 5.56 Å². The minimum Gasteiger partial charge on any atom is -0.457 e. The molecule has 0 bridgehead atoms. The number of rotatable bonds is 6. The maximum absolute atomic E-state index is 12.1. The van der Waals surface area contributed by atoms with Crippen molar-refractivity contribution in [1.82, 2.24) is 4.90 Å². The third kappa shape index (κ3) is 5.25. The number of hydrogen-bond acceptors (Lipinski definition) is 4. The summed E-state index contributed by atoms with van der Waals surface area (Å²) in [4.78, 5) is 13.6. The summed E-state index contributed by atoms with van der Waals surface area (Å²) in [7, 11) is 1.66. The molecular formula is C20H20N4O2. The van der Waals surface area contributed by atoms with Gasteiger partial charge in [0.2, 0.25) is 0 Å². The molecule has 0 spiro atoms. The van der Waals surface area contributed by atoms with Crippen molar-refractivity contribution < 1.29 is 9.53 Å². The maximum atomic E-state index is 12.1. The lowest BCUT2D eigenvalue weighted by Crippen LogP contribution is -2.38. The quantitative estimate of drug-likeness (QED) is 0.842. The van der Waals surface area contributed by atoms with E-state index in [9.17, 15) is 4.79 Å². The van der Waals surface area contributed by atoms with Crippen molar-refractivity contribution >= 4 is 11.7 Å². The molecule has 2 aromatic carbocycles. The Morgan fingerprint density at radius 3 is 2.19 bits per heavy atom. The zero-order valence-electron chi connectivity index (χ0n) is 14.8. The molecule has 132 valence electrons. The summed E-state index contributed by atoms with van der Waals surface area (Å²) < 4.78 is 5.75. The topological polar surface area (TPSA) is 89.2 Å². The van der Waals surface area contributed by atoms with Crippen molar-refractivity contribution in [2.24, 2.45) is 0 Å². The smallest absolute Gasteiger partial charge is 0.321 e. The average molecular weight is 348 g/mol. The second-order valence-corrected chi connectivity index (χ2v) is 5.86. The van der Waals surface area contributed by atoms with Crippen LogP contribution in [0.1, 0.15) is 18.9 Å². The first-order valence-electron chi connectivity index (χ1n) is 8.18. The fourth-order valence-electron chi connectivity index (χ4n) is 2.19. The van der Waals surface area contributed by atoms with E-state index in [1.54, 1.807) is 31.3 Å². The molecule has 0 fully saturated rings. The number of ether oxygens (including phenoxy) is 1. The number of urea groups is 1. The first kappa shape index (κ1) is 18.8. The van der Waals surface area contributed by atoms with Crippen LogP contribution in [-0.2, 0) is 6.42 Å². The second-order valence-electron chi connectivity index (χ2n) is 5.86. The molecule has 2 rings (SSSR count). The van der Waals surface area contributed by atoms with Gasteiger partial charge in [0.25, 0.3) is 0 Å². The van der Waals surface area contributed by atoms with Crippen LogP contribution in [0, 0.1) is 22.7 Å². The van der Waals surface area contributed by atoms with Crippen LogP contribution in [0.4, 0.5) is 10.5 Å². The minimum absolute atomic E-state index is 0.161. The van der Waals surface area contributed by atoms with Crippen LogP contribution < -0.4 is 10.1 Å². The fraction of sp³-hybridized carbons (Fsp3) is 0.250. The van der Waals surface area contributed by atoms with Gasteiger partial charge in [-0.1, -0.05) is 12.1 Å². The van der Waals surface area contributed by atoms with E-state index in [4.69, 9.17) is 15.3 Å². The molecule has 1 atom stereocenters. The lowest BCUT2D eigenvalue weighted by molar-refractivity contribution is 0.208. The molecule has 6 heteroatoms. The third-order valence-electron chi connectivity index (χ3n) is 3.92. The molecular weight excluding hydrogens is 328 g/mol. The third-order valence-corrected chi connectivity index (χ3v) is 3.92. The van der Waals surface area contributed by atoms with Crippen molar-refractivity contribution in [2.75, 3.05) is 12.4 Å². The SMILES string of the molecule is C[C@@H](CC#N)N(C)C(=O)Nc1ccc(Oc2ccc(CC#N)cc2)cc1. The number of benzene rings is 2. The number of nitriles is 2. The molecule has 1 N–H and O–H groups in total. The van der Waals surface area contributed by atoms with Gasteiger partial charge in [-0.25, -0.2) is 4.79 Å². The molecule has 0 aliphatic rings. The van der Waals surface area contributed by atoms with Gasteiger partial charge in [0, 0.05) is 18.8 Å². The fourth-order valence-corrected chi connectivity index (χ4v) is 2.19. The maximum Gasteiger partial charge on any atom is 0.321 e. The minimum atomic E-state index is -0.269. The van der Waals surface area contributed by atoms with Gasteiger partial charge in [0.15, 0.2) is 0 Å². The Hall–Kier alpha value is -3.51. The molecule has 0 unspecified atom stereocenters. The Kier molecular flexibility index (Phi) is 6.59. The number of hydrogen-bond donors (Lipinski definition) is 1. The van der Waals surface area contributed by atoms with E-state index in [1.807, 2.05) is 31.2 Å². The molecule has 26 heavy (non-hydrogen) atoms. The van der Waals surface area contributed by atoms with E-state index in [-0.39, 0.29) is 18.5 Å². The standard InChI is InChI=1S/C20H20N4O2/c1-15(11-13-21)24(2)20(25)23-17-5-9-19(10-6-17)26-18-7-3-16(4-8-18)12-14-22/h3-10,15H,11-12H2,1-2H3,(H,23,25)/t15-/m0/s1. The van der Waals surface area contributed by atoms with Gasteiger partial charge in [-0.15, -0.1) is 0 Å². The first-order valence-corrected chi connectivity index (χ1v) is 8.18. The number of anilines is 1. The lowest BCUT2D eigenvalue weighted by Gasteiger charge is -2.23. The summed E-state index contributed by atoms with van der Waals surface area (Å²) in [5, 5.41) is 20.2. The Labute approximate surface area is 153 Å². The molecule has 0 heterocycles. The molecule has 0 radical (unpaired) electrons. The Morgan fingerprint density at radius 1 is 1.08 bits per heavy atom. The van der Waals surface area contributed by atoms with E-state index in [0.29, 0.717) is 23.6 Å². The van der Waals surface area contributed by atoms with Gasteiger partial charge < -0.3 is 15.0 Å². The summed E-state index contributed by atoms with van der Waals surface area (Å²) in [6.07, 6.45) is 0.653. The zero-order chi connectivity index (χ0) is 18.9. The Balaban J connectivity index is 1.94. The van der Waals surface area contributed by atoms with E-state index in [2.05, 4.69) is 17.5 Å². The molecule has 6 nitrogen and oxygen atoms in total. The van der Waals surface area contributed by atoms with Crippen LogP contribution in [-0.4, -0.2) is 24.0 Å². The van der Waals surface area contributed by atoms with Gasteiger partial charge in [-0.2, -0.15) is 10.5 Å². The Morgan fingerprint density at radius 2 is 1.65 bits per heavy atom. The summed E-state index contributed by atoms with van der Waals surface area (Å²) in [5.41, 5.74) is 1.58. The van der Waals surface area contributed by atoms with Gasteiger partial charge >= 0.3 is 6.03 Å². The molecule has 0 saturated carbocycles. The highest BCUT2D eigenvalue weighted by Gasteiger charge is 2.15. The summed E-state index contributed by atoms with van der Waals surface area (Å²) in [5.74, 6) is 1.32. The van der Waals surface area contributed by atoms with Crippen molar-refractivity contribution in [1.29, 1.82) is 10.5 Å². The average Bonchev–Trinajstić information content (AvgIpc) is 2.64. The lowest BCUT2D eigenvalue weighted by atomic mass is 10.2. The number of nitrogens with zero attached hydrogens (tertiary/aromatic N) is 3. The van der Waals surface area contributed by atoms with Crippen LogP contribution in [0.2, 0.25) is 0 Å². The monoisotopic (exact) mass is 348 g/mol. The molecule has 0 aliphatic heterocycles. The van der Waals surface area contributed by atoms with E-state index < -0.39 is 0 Å². The predicted octanol–water partition coefficient (Wildman–Crippen LogP) is 4.31. The highest BCUT2D eigenvalue weighted by atomic mass is 16.5.